The Kier molecular flexibility index (Phi) is 1.78. The number of allylic oxidation sites excluding steroid dienone is 1. The van der Waals surface area contributed by atoms with Gasteiger partial charge in [-0.3, -0.25) is 9.59 Å². The van der Waals surface area contributed by atoms with Crippen molar-refractivity contribution in [2.45, 2.75) is 12.8 Å². The van der Waals surface area contributed by atoms with E-state index in [1.165, 1.54) is 0 Å². The van der Waals surface area contributed by atoms with Crippen molar-refractivity contribution in [2.24, 2.45) is 5.92 Å². The SMILES string of the molecule is O=C1C(=O)c2ccccc2C(O)=C1C1CC1. The highest BCUT2D eigenvalue weighted by Gasteiger charge is 2.40. The van der Waals surface area contributed by atoms with Crippen molar-refractivity contribution in [3.05, 3.63) is 41.0 Å². The Balaban J connectivity index is 2.26. The maximum absolute atomic E-state index is 11.8. The summed E-state index contributed by atoms with van der Waals surface area (Å²) in [7, 11) is 0. The minimum atomic E-state index is -0.529. The molecule has 2 aliphatic carbocycles. The Labute approximate surface area is 92.4 Å². The average Bonchev–Trinajstić information content (AvgIpc) is 3.11. The molecule has 0 aromatic heterocycles. The van der Waals surface area contributed by atoms with Crippen LogP contribution in [-0.4, -0.2) is 16.7 Å². The number of carbonyl (C=O) groups excluding carboxylic acids is 2. The second kappa shape index (κ2) is 3.04. The highest BCUT2D eigenvalue weighted by Crippen LogP contribution is 2.42. The lowest BCUT2D eigenvalue weighted by atomic mass is 9.86. The van der Waals surface area contributed by atoms with Crippen molar-refractivity contribution in [1.82, 2.24) is 0 Å². The van der Waals surface area contributed by atoms with Crippen molar-refractivity contribution >= 4 is 17.3 Å². The van der Waals surface area contributed by atoms with E-state index >= 15 is 0 Å². The third-order valence-corrected chi connectivity index (χ3v) is 3.12. The quantitative estimate of drug-likeness (QED) is 0.728. The maximum atomic E-state index is 11.8. The van der Waals surface area contributed by atoms with Crippen LogP contribution in [0.4, 0.5) is 0 Å². The third-order valence-electron chi connectivity index (χ3n) is 3.12. The number of hydrogen-bond acceptors (Lipinski definition) is 3. The van der Waals surface area contributed by atoms with Crippen LogP contribution in [0.3, 0.4) is 0 Å². The molecule has 3 rings (SSSR count). The Morgan fingerprint density at radius 2 is 1.62 bits per heavy atom. The van der Waals surface area contributed by atoms with Gasteiger partial charge in [0, 0.05) is 16.7 Å². The number of carbonyl (C=O) groups is 2. The highest BCUT2D eigenvalue weighted by atomic mass is 16.3. The Morgan fingerprint density at radius 3 is 2.25 bits per heavy atom. The molecule has 0 aliphatic heterocycles. The number of rotatable bonds is 1. The Hall–Kier alpha value is -1.90. The molecular weight excluding hydrogens is 204 g/mol. The molecule has 2 aliphatic rings. The van der Waals surface area contributed by atoms with Crippen LogP contribution in [0.2, 0.25) is 0 Å². The fraction of sp³-hybridized carbons (Fsp3) is 0.231. The lowest BCUT2D eigenvalue weighted by Crippen LogP contribution is -2.24. The third kappa shape index (κ3) is 1.14. The normalized spacial score (nSPS) is 20.0. The van der Waals surface area contributed by atoms with E-state index in [0.29, 0.717) is 16.7 Å². The molecule has 1 aromatic carbocycles. The first-order valence-corrected chi connectivity index (χ1v) is 5.31. The van der Waals surface area contributed by atoms with E-state index < -0.39 is 11.6 Å². The molecule has 0 amide bonds. The van der Waals surface area contributed by atoms with Gasteiger partial charge in [-0.05, 0) is 18.8 Å². The first-order valence-electron chi connectivity index (χ1n) is 5.31. The maximum Gasteiger partial charge on any atom is 0.234 e. The van der Waals surface area contributed by atoms with Crippen molar-refractivity contribution in [2.75, 3.05) is 0 Å². The van der Waals surface area contributed by atoms with Crippen molar-refractivity contribution < 1.29 is 14.7 Å². The molecule has 16 heavy (non-hydrogen) atoms. The summed E-state index contributed by atoms with van der Waals surface area (Å²) in [4.78, 5) is 23.6. The molecule has 0 unspecified atom stereocenters. The summed E-state index contributed by atoms with van der Waals surface area (Å²) >= 11 is 0. The summed E-state index contributed by atoms with van der Waals surface area (Å²) in [6, 6.07) is 6.70. The van der Waals surface area contributed by atoms with Crippen LogP contribution in [0.1, 0.15) is 28.8 Å². The molecule has 0 heterocycles. The van der Waals surface area contributed by atoms with Gasteiger partial charge in [0.25, 0.3) is 0 Å². The summed E-state index contributed by atoms with van der Waals surface area (Å²) in [6.45, 7) is 0. The summed E-state index contributed by atoms with van der Waals surface area (Å²) in [5, 5.41) is 10.0. The van der Waals surface area contributed by atoms with E-state index in [2.05, 4.69) is 0 Å². The molecule has 0 spiro atoms. The van der Waals surface area contributed by atoms with Crippen LogP contribution in [0, 0.1) is 5.92 Å². The molecule has 0 atom stereocenters. The molecule has 1 aromatic rings. The van der Waals surface area contributed by atoms with Crippen molar-refractivity contribution in [3.8, 4) is 0 Å². The van der Waals surface area contributed by atoms with E-state index in [-0.39, 0.29) is 11.7 Å². The topological polar surface area (TPSA) is 54.4 Å². The second-order valence-corrected chi connectivity index (χ2v) is 4.24. The molecule has 0 radical (unpaired) electrons. The molecule has 1 fully saturated rings. The monoisotopic (exact) mass is 214 g/mol. The molecule has 3 nitrogen and oxygen atoms in total. The van der Waals surface area contributed by atoms with E-state index in [1.54, 1.807) is 24.3 Å². The molecule has 0 bridgehead atoms. The number of fused-ring (bicyclic) bond motifs is 1. The number of ketones is 2. The van der Waals surface area contributed by atoms with Crippen LogP contribution >= 0.6 is 0 Å². The predicted molar refractivity (Wildman–Crippen MR) is 58.1 cm³/mol. The van der Waals surface area contributed by atoms with Crippen molar-refractivity contribution in [3.63, 3.8) is 0 Å². The van der Waals surface area contributed by atoms with E-state index in [0.717, 1.165) is 12.8 Å². The van der Waals surface area contributed by atoms with Crippen LogP contribution in [0.15, 0.2) is 29.8 Å². The van der Waals surface area contributed by atoms with Gasteiger partial charge in [0.2, 0.25) is 11.6 Å². The van der Waals surface area contributed by atoms with Gasteiger partial charge in [0.1, 0.15) is 5.76 Å². The lowest BCUT2D eigenvalue weighted by Gasteiger charge is -2.17. The smallest absolute Gasteiger partial charge is 0.234 e. The highest BCUT2D eigenvalue weighted by molar-refractivity contribution is 6.52. The summed E-state index contributed by atoms with van der Waals surface area (Å²) < 4.78 is 0. The minimum Gasteiger partial charge on any atom is -0.507 e. The Morgan fingerprint density at radius 1 is 1.00 bits per heavy atom. The standard InChI is InChI=1S/C13H10O3/c14-11-8-3-1-2-4-9(8)12(15)13(16)10(11)7-5-6-7/h1-4,7,14H,5-6H2. The second-order valence-electron chi connectivity index (χ2n) is 4.24. The van der Waals surface area contributed by atoms with Gasteiger partial charge in [-0.25, -0.2) is 0 Å². The van der Waals surface area contributed by atoms with E-state index in [1.807, 2.05) is 0 Å². The minimum absolute atomic E-state index is 0.00250. The zero-order valence-electron chi connectivity index (χ0n) is 8.56. The largest absolute Gasteiger partial charge is 0.507 e. The van der Waals surface area contributed by atoms with Gasteiger partial charge in [0.15, 0.2) is 0 Å². The van der Waals surface area contributed by atoms with E-state index in [4.69, 9.17) is 0 Å². The van der Waals surface area contributed by atoms with E-state index in [9.17, 15) is 14.7 Å². The van der Waals surface area contributed by atoms with Gasteiger partial charge in [-0.2, -0.15) is 0 Å². The average molecular weight is 214 g/mol. The fourth-order valence-corrected chi connectivity index (χ4v) is 2.14. The molecule has 80 valence electrons. The number of Topliss-reactive ketones (excluding diaryl/α,β-unsaturated/α-hetero) is 2. The Bertz CT molecular complexity index is 536. The van der Waals surface area contributed by atoms with Gasteiger partial charge < -0.3 is 5.11 Å². The number of benzene rings is 1. The zero-order chi connectivity index (χ0) is 11.3. The summed E-state index contributed by atoms with van der Waals surface area (Å²) in [6.07, 6.45) is 1.78. The number of aliphatic hydroxyl groups excluding tert-OH is 1. The first-order chi connectivity index (χ1) is 7.70. The van der Waals surface area contributed by atoms with Crippen LogP contribution in [0.5, 0.6) is 0 Å². The van der Waals surface area contributed by atoms with Crippen LogP contribution < -0.4 is 0 Å². The number of hydrogen-bond donors (Lipinski definition) is 1. The van der Waals surface area contributed by atoms with Gasteiger partial charge in [0.05, 0.1) is 0 Å². The van der Waals surface area contributed by atoms with Crippen LogP contribution in [-0.2, 0) is 4.79 Å². The summed E-state index contributed by atoms with van der Waals surface area (Å²) in [5.74, 6) is -0.929. The fourth-order valence-electron chi connectivity index (χ4n) is 2.14. The van der Waals surface area contributed by atoms with Crippen LogP contribution in [0.25, 0.3) is 5.76 Å². The number of aliphatic hydroxyl groups is 1. The molecule has 1 N–H and O–H groups in total. The summed E-state index contributed by atoms with van der Waals surface area (Å²) in [5.41, 5.74) is 1.13. The molecular formula is C13H10O3. The lowest BCUT2D eigenvalue weighted by molar-refractivity contribution is -0.112. The molecule has 1 saturated carbocycles. The van der Waals surface area contributed by atoms with Gasteiger partial charge in [-0.1, -0.05) is 24.3 Å². The predicted octanol–water partition coefficient (Wildman–Crippen LogP) is 2.13. The van der Waals surface area contributed by atoms with Gasteiger partial charge >= 0.3 is 0 Å². The van der Waals surface area contributed by atoms with Crippen molar-refractivity contribution in [1.29, 1.82) is 0 Å². The van der Waals surface area contributed by atoms with Gasteiger partial charge in [-0.15, -0.1) is 0 Å². The first kappa shape index (κ1) is 9.33. The molecule has 0 saturated heterocycles. The molecule has 3 heteroatoms. The zero-order valence-corrected chi connectivity index (χ0v) is 8.56.